The molecule has 0 atom stereocenters. The van der Waals surface area contributed by atoms with Gasteiger partial charge < -0.3 is 0 Å². The second-order valence-electron chi connectivity index (χ2n) is 8.87. The van der Waals surface area contributed by atoms with E-state index in [0.29, 0.717) is 5.56 Å². The summed E-state index contributed by atoms with van der Waals surface area (Å²) in [6, 6.07) is 11.8. The number of allylic oxidation sites excluding steroid dienone is 5. The Labute approximate surface area is 186 Å². The second-order valence-corrected chi connectivity index (χ2v) is 17.9. The molecule has 4 nitrogen and oxygen atoms in total. The fourth-order valence-corrected chi connectivity index (χ4v) is 11.0. The van der Waals surface area contributed by atoms with Gasteiger partial charge in [-0.1, -0.05) is 0 Å². The van der Waals surface area contributed by atoms with E-state index in [-0.39, 0.29) is 0 Å². The topological polar surface area (TPSA) is 49.5 Å². The molecule has 2 aromatic rings. The van der Waals surface area contributed by atoms with Crippen LogP contribution in [0.25, 0.3) is 5.57 Å². The van der Waals surface area contributed by atoms with Crippen LogP contribution in [0.2, 0.25) is 11.5 Å². The molecule has 0 fully saturated rings. The maximum absolute atomic E-state index is 11.5. The Morgan fingerprint density at radius 3 is 2.35 bits per heavy atom. The molecule has 0 saturated heterocycles. The average Bonchev–Trinajstić information content (AvgIpc) is 2.74. The van der Waals surface area contributed by atoms with Gasteiger partial charge in [0.15, 0.2) is 0 Å². The van der Waals surface area contributed by atoms with E-state index in [9.17, 15) is 9.90 Å². The molecule has 1 heterocycles. The van der Waals surface area contributed by atoms with Crippen LogP contribution in [0.5, 0.6) is 5.75 Å². The van der Waals surface area contributed by atoms with Gasteiger partial charge in [-0.2, -0.15) is 0 Å². The van der Waals surface area contributed by atoms with E-state index in [2.05, 4.69) is 60.5 Å². The fraction of sp³-hybridized carbons (Fsp3) is 0.231. The van der Waals surface area contributed by atoms with Gasteiger partial charge in [0.2, 0.25) is 0 Å². The van der Waals surface area contributed by atoms with Crippen LogP contribution in [-0.4, -0.2) is 55.8 Å². The van der Waals surface area contributed by atoms with Crippen molar-refractivity contribution in [3.8, 4) is 5.75 Å². The van der Waals surface area contributed by atoms with Gasteiger partial charge in [-0.25, -0.2) is 0 Å². The van der Waals surface area contributed by atoms with Crippen LogP contribution in [0.15, 0.2) is 64.6 Å². The molecule has 0 unspecified atom stereocenters. The first-order valence-electron chi connectivity index (χ1n) is 10.4. The van der Waals surface area contributed by atoms with E-state index in [1.807, 2.05) is 19.1 Å². The summed E-state index contributed by atoms with van der Waals surface area (Å²) in [6.45, 7) is 1.99. The third-order valence-corrected chi connectivity index (χ3v) is 13.8. The van der Waals surface area contributed by atoms with Crippen LogP contribution in [0, 0.1) is 6.92 Å². The van der Waals surface area contributed by atoms with E-state index in [1.165, 1.54) is 31.2 Å². The number of aryl methyl sites for hydroxylation is 1. The van der Waals surface area contributed by atoms with Crippen molar-refractivity contribution in [3.63, 3.8) is 0 Å². The zero-order chi connectivity index (χ0) is 22.5. The zero-order valence-corrected chi connectivity index (χ0v) is 21.0. The Bertz CT molecular complexity index is 1240. The molecule has 0 radical (unpaired) electrons. The van der Waals surface area contributed by atoms with Crippen LogP contribution in [0.1, 0.15) is 27.0 Å². The maximum atomic E-state index is 11.5. The van der Waals surface area contributed by atoms with Gasteiger partial charge in [0.1, 0.15) is 0 Å². The Hall–Kier alpha value is -2.86. The molecule has 158 valence electrons. The summed E-state index contributed by atoms with van der Waals surface area (Å²) in [6.07, 6.45) is 6.76. The Morgan fingerprint density at radius 1 is 1.03 bits per heavy atom. The minimum atomic E-state index is -2.62. The minimum absolute atomic E-state index is 0.314. The number of aromatic carboxylic acids is 1. The first kappa shape index (κ1) is 21.4. The Kier molecular flexibility index (Phi) is 5.30. The van der Waals surface area contributed by atoms with Crippen LogP contribution in [0.4, 0.5) is 0 Å². The molecule has 5 heteroatoms. The molecule has 0 aromatic heterocycles. The van der Waals surface area contributed by atoms with E-state index in [0.717, 1.165) is 16.9 Å². The number of rotatable bonds is 3. The molecule has 1 aliphatic carbocycles. The third kappa shape index (κ3) is 3.49. The molecule has 31 heavy (non-hydrogen) atoms. The molecule has 0 amide bonds. The summed E-state index contributed by atoms with van der Waals surface area (Å²) in [5, 5.41) is 9.42. The normalized spacial score (nSPS) is 16.5. The predicted molar refractivity (Wildman–Crippen MR) is 129 cm³/mol. The van der Waals surface area contributed by atoms with Gasteiger partial charge in [-0.05, 0) is 0 Å². The zero-order valence-electron chi connectivity index (χ0n) is 18.9. The molecule has 0 saturated carbocycles. The van der Waals surface area contributed by atoms with Crippen molar-refractivity contribution in [1.82, 2.24) is 0 Å². The number of benzene rings is 2. The summed E-state index contributed by atoms with van der Waals surface area (Å²) >= 11 is -2.62. The first-order valence-corrected chi connectivity index (χ1v) is 16.7. The van der Waals surface area contributed by atoms with Crippen LogP contribution < -0.4 is 9.13 Å². The quantitative estimate of drug-likeness (QED) is 0.536. The van der Waals surface area contributed by atoms with Crippen molar-refractivity contribution < 1.29 is 19.2 Å². The number of nitrogens with zero attached hydrogens (tertiary/aromatic N) is 1. The predicted octanol–water partition coefficient (Wildman–Crippen LogP) is 4.18. The average molecular weight is 475 g/mol. The van der Waals surface area contributed by atoms with Gasteiger partial charge >= 0.3 is 186 Å². The Morgan fingerprint density at radius 2 is 1.74 bits per heavy atom. The van der Waals surface area contributed by atoms with Crippen LogP contribution >= 0.6 is 0 Å². The number of hydrogen-bond donors (Lipinski definition) is 1. The van der Waals surface area contributed by atoms with Gasteiger partial charge in [0.25, 0.3) is 0 Å². The Balaban J connectivity index is 2.08. The van der Waals surface area contributed by atoms with E-state index < -0.39 is 19.2 Å². The van der Waals surface area contributed by atoms with Crippen LogP contribution in [-0.2, 0) is 0 Å². The van der Waals surface area contributed by atoms with Crippen molar-refractivity contribution in [2.45, 2.75) is 18.4 Å². The summed E-state index contributed by atoms with van der Waals surface area (Å²) in [5.41, 5.74) is 7.23. The van der Waals surface area contributed by atoms with Crippen molar-refractivity contribution in [3.05, 3.63) is 86.9 Å². The molecule has 4 rings (SSSR count). The standard InChI is InChI=1S/C26H27GeNO3/c1-16-13-17(26(29)30)7-10-20(16)25-21-11-8-18(28(4)5)14-23(21)27(2,3)24-15-19(31-6)9-12-22(24)25/h7-15H,1-6H3/p+1. The first-order chi connectivity index (χ1) is 14.6. The van der Waals surface area contributed by atoms with Crippen LogP contribution in [0.3, 0.4) is 0 Å². The number of carboxylic acids is 1. The fourth-order valence-electron chi connectivity index (χ4n) is 4.59. The molecular weight excluding hydrogens is 447 g/mol. The molecule has 0 bridgehead atoms. The summed E-state index contributed by atoms with van der Waals surface area (Å²) in [7, 11) is 5.85. The number of ether oxygens (including phenoxy) is 1. The molecule has 1 aliphatic heterocycles. The number of carboxylic acid groups (broad SMARTS) is 1. The van der Waals surface area contributed by atoms with Gasteiger partial charge in [0.05, 0.1) is 0 Å². The van der Waals surface area contributed by atoms with E-state index in [4.69, 9.17) is 4.74 Å². The summed E-state index contributed by atoms with van der Waals surface area (Å²) < 4.78 is 10.5. The molecule has 1 N–H and O–H groups in total. The van der Waals surface area contributed by atoms with Crippen molar-refractivity contribution in [1.29, 1.82) is 0 Å². The third-order valence-electron chi connectivity index (χ3n) is 6.37. The summed E-state index contributed by atoms with van der Waals surface area (Å²) in [5.74, 6) is 4.85. The van der Waals surface area contributed by atoms with Gasteiger partial charge in [-0.3, -0.25) is 0 Å². The summed E-state index contributed by atoms with van der Waals surface area (Å²) in [4.78, 5) is 11.5. The van der Waals surface area contributed by atoms with E-state index in [1.54, 1.807) is 19.2 Å². The monoisotopic (exact) mass is 476 g/mol. The number of hydrogen-bond acceptors (Lipinski definition) is 2. The van der Waals surface area contributed by atoms with Crippen molar-refractivity contribution in [2.75, 3.05) is 21.2 Å². The van der Waals surface area contributed by atoms with Gasteiger partial charge in [0, 0.05) is 0 Å². The molecule has 2 aliphatic rings. The SMILES string of the molecule is COc1ccc2[c](c1)[Ge]([CH3])([CH3])[C]1=CC(=[N+](C)C)C=CC1=C2c1ccc(C(=O)O)cc1C. The van der Waals surface area contributed by atoms with Crippen molar-refractivity contribution >= 4 is 34.9 Å². The second kappa shape index (κ2) is 7.68. The molecular formula is C26H28GeNO3+. The number of fused-ring (bicyclic) bond motifs is 2. The molecule has 2 aromatic carbocycles. The van der Waals surface area contributed by atoms with E-state index >= 15 is 0 Å². The molecule has 0 spiro atoms. The number of methoxy groups -OCH3 is 1. The van der Waals surface area contributed by atoms with Crippen molar-refractivity contribution in [2.24, 2.45) is 0 Å². The van der Waals surface area contributed by atoms with Gasteiger partial charge in [-0.15, -0.1) is 0 Å². The number of carbonyl (C=O) groups is 1.